The minimum atomic E-state index is -0.0822. The van der Waals surface area contributed by atoms with E-state index in [1.807, 2.05) is 6.08 Å². The summed E-state index contributed by atoms with van der Waals surface area (Å²) in [5.41, 5.74) is 0. The maximum Gasteiger partial charge on any atom is 0.189 e. The van der Waals surface area contributed by atoms with Crippen molar-refractivity contribution < 1.29 is 14.3 Å². The van der Waals surface area contributed by atoms with E-state index in [4.69, 9.17) is 9.47 Å². The molecule has 3 nitrogen and oxygen atoms in total. The Bertz CT molecular complexity index is 198. The van der Waals surface area contributed by atoms with Gasteiger partial charge in [-0.1, -0.05) is 0 Å². The molecule has 1 aliphatic heterocycles. The lowest BCUT2D eigenvalue weighted by Gasteiger charge is -2.19. The Morgan fingerprint density at radius 1 is 1.64 bits per heavy atom. The first kappa shape index (κ1) is 6.85. The third-order valence-electron chi connectivity index (χ3n) is 2.16. The van der Waals surface area contributed by atoms with Crippen molar-refractivity contribution in [2.24, 2.45) is 5.92 Å². The average Bonchev–Trinajstić information content (AvgIpc) is 2.50. The van der Waals surface area contributed by atoms with Crippen LogP contribution >= 0.6 is 0 Å². The first-order valence-electron chi connectivity index (χ1n) is 3.81. The summed E-state index contributed by atoms with van der Waals surface area (Å²) in [7, 11) is 0. The lowest BCUT2D eigenvalue weighted by Crippen LogP contribution is -2.25. The van der Waals surface area contributed by atoms with Crippen LogP contribution in [0, 0.1) is 5.92 Å². The highest BCUT2D eigenvalue weighted by Crippen LogP contribution is 2.30. The van der Waals surface area contributed by atoms with E-state index in [2.05, 4.69) is 0 Å². The van der Waals surface area contributed by atoms with Crippen molar-refractivity contribution in [2.75, 3.05) is 6.79 Å². The summed E-state index contributed by atoms with van der Waals surface area (Å²) in [5.74, 6) is 0.867. The van der Waals surface area contributed by atoms with Crippen LogP contribution in [0.3, 0.4) is 0 Å². The zero-order chi connectivity index (χ0) is 7.68. The summed E-state index contributed by atoms with van der Waals surface area (Å²) in [5, 5.41) is 0. The van der Waals surface area contributed by atoms with Crippen molar-refractivity contribution in [3.63, 3.8) is 0 Å². The zero-order valence-electron chi connectivity index (χ0n) is 6.16. The maximum atomic E-state index is 10.5. The molecule has 0 bridgehead atoms. The molecule has 0 aromatic rings. The lowest BCUT2D eigenvalue weighted by molar-refractivity contribution is -0.114. The van der Waals surface area contributed by atoms with Gasteiger partial charge in [-0.2, -0.15) is 0 Å². The van der Waals surface area contributed by atoms with Crippen LogP contribution in [-0.2, 0) is 14.3 Å². The molecule has 2 aliphatic rings. The molecule has 1 fully saturated rings. The van der Waals surface area contributed by atoms with E-state index in [1.165, 1.54) is 0 Å². The second kappa shape index (κ2) is 2.66. The predicted octanol–water partition coefficient (Wildman–Crippen LogP) is 0.852. The van der Waals surface area contributed by atoms with Crippen molar-refractivity contribution in [2.45, 2.75) is 18.9 Å². The van der Waals surface area contributed by atoms with E-state index in [0.717, 1.165) is 24.9 Å². The van der Waals surface area contributed by atoms with Gasteiger partial charge < -0.3 is 14.3 Å². The summed E-state index contributed by atoms with van der Waals surface area (Å²) in [6.45, 7) is 0.306. The van der Waals surface area contributed by atoms with Crippen LogP contribution in [0.5, 0.6) is 0 Å². The van der Waals surface area contributed by atoms with Gasteiger partial charge >= 0.3 is 0 Å². The SMILES string of the molecule is O=CC1CCC=C2OCOC21. The molecule has 60 valence electrons. The van der Waals surface area contributed by atoms with Crippen molar-refractivity contribution in [3.8, 4) is 0 Å². The normalized spacial score (nSPS) is 35.5. The quantitative estimate of drug-likeness (QED) is 0.525. The Morgan fingerprint density at radius 2 is 2.55 bits per heavy atom. The number of hydrogen-bond acceptors (Lipinski definition) is 3. The summed E-state index contributed by atoms with van der Waals surface area (Å²) in [6.07, 6.45) is 4.71. The molecule has 0 spiro atoms. The van der Waals surface area contributed by atoms with Gasteiger partial charge in [0.25, 0.3) is 0 Å². The molecule has 0 aromatic heterocycles. The summed E-state index contributed by atoms with van der Waals surface area (Å²) in [6, 6.07) is 0. The average molecular weight is 154 g/mol. The summed E-state index contributed by atoms with van der Waals surface area (Å²) in [4.78, 5) is 10.5. The van der Waals surface area contributed by atoms with Gasteiger partial charge in [0.1, 0.15) is 18.1 Å². The highest BCUT2D eigenvalue weighted by molar-refractivity contribution is 5.56. The Morgan fingerprint density at radius 3 is 3.36 bits per heavy atom. The number of hydrogen-bond donors (Lipinski definition) is 0. The van der Waals surface area contributed by atoms with E-state index in [0.29, 0.717) is 6.79 Å². The topological polar surface area (TPSA) is 35.5 Å². The molecule has 0 amide bonds. The smallest absolute Gasteiger partial charge is 0.189 e. The van der Waals surface area contributed by atoms with Crippen LogP contribution in [0.25, 0.3) is 0 Å². The second-order valence-corrected chi connectivity index (χ2v) is 2.83. The fourth-order valence-electron chi connectivity index (χ4n) is 1.56. The Balaban J connectivity index is 2.18. The van der Waals surface area contributed by atoms with E-state index in [1.54, 1.807) is 0 Å². The van der Waals surface area contributed by atoms with E-state index in [9.17, 15) is 4.79 Å². The molecule has 0 N–H and O–H groups in total. The predicted molar refractivity (Wildman–Crippen MR) is 37.7 cm³/mol. The maximum absolute atomic E-state index is 10.5. The highest BCUT2D eigenvalue weighted by Gasteiger charge is 2.33. The minimum absolute atomic E-state index is 0.0116. The van der Waals surface area contributed by atoms with Crippen LogP contribution in [0.15, 0.2) is 11.8 Å². The first-order valence-corrected chi connectivity index (χ1v) is 3.81. The van der Waals surface area contributed by atoms with Gasteiger partial charge in [0.15, 0.2) is 6.79 Å². The third-order valence-corrected chi connectivity index (χ3v) is 2.16. The number of allylic oxidation sites excluding steroid dienone is 1. The molecule has 2 unspecified atom stereocenters. The Labute approximate surface area is 65.0 Å². The fraction of sp³-hybridized carbons (Fsp3) is 0.625. The van der Waals surface area contributed by atoms with Gasteiger partial charge in [0.2, 0.25) is 0 Å². The highest BCUT2D eigenvalue weighted by atomic mass is 16.7. The van der Waals surface area contributed by atoms with E-state index in [-0.39, 0.29) is 12.0 Å². The van der Waals surface area contributed by atoms with Crippen molar-refractivity contribution in [1.29, 1.82) is 0 Å². The molecular formula is C8H10O3. The molecule has 0 radical (unpaired) electrons. The molecule has 0 saturated carbocycles. The molecule has 0 aromatic carbocycles. The van der Waals surface area contributed by atoms with Crippen LogP contribution in [-0.4, -0.2) is 19.2 Å². The van der Waals surface area contributed by atoms with Crippen molar-refractivity contribution >= 4 is 6.29 Å². The Kier molecular flexibility index (Phi) is 1.66. The first-order chi connectivity index (χ1) is 5.42. The van der Waals surface area contributed by atoms with Crippen molar-refractivity contribution in [1.82, 2.24) is 0 Å². The summed E-state index contributed by atoms with van der Waals surface area (Å²) >= 11 is 0. The Hall–Kier alpha value is -0.830. The fourth-order valence-corrected chi connectivity index (χ4v) is 1.56. The zero-order valence-corrected chi connectivity index (χ0v) is 6.16. The number of ether oxygens (including phenoxy) is 2. The van der Waals surface area contributed by atoms with Crippen LogP contribution in [0.2, 0.25) is 0 Å². The standard InChI is InChI=1S/C8H10O3/c9-4-6-2-1-3-7-8(6)11-5-10-7/h3-4,6,8H,1-2,5H2. The van der Waals surface area contributed by atoms with Gasteiger partial charge in [-0.25, -0.2) is 0 Å². The molecule has 3 heteroatoms. The third kappa shape index (κ3) is 1.05. The number of carbonyl (C=O) groups excluding carboxylic acids is 1. The molecule has 1 saturated heterocycles. The van der Waals surface area contributed by atoms with Crippen LogP contribution < -0.4 is 0 Å². The van der Waals surface area contributed by atoms with E-state index >= 15 is 0 Å². The molecule has 11 heavy (non-hydrogen) atoms. The summed E-state index contributed by atoms with van der Waals surface area (Å²) < 4.78 is 10.4. The number of fused-ring (bicyclic) bond motifs is 1. The monoisotopic (exact) mass is 154 g/mol. The number of rotatable bonds is 1. The van der Waals surface area contributed by atoms with Gasteiger partial charge in [-0.05, 0) is 18.9 Å². The molecule has 2 atom stereocenters. The van der Waals surface area contributed by atoms with Gasteiger partial charge in [-0.15, -0.1) is 0 Å². The van der Waals surface area contributed by atoms with Crippen LogP contribution in [0.1, 0.15) is 12.8 Å². The molecular weight excluding hydrogens is 144 g/mol. The van der Waals surface area contributed by atoms with Gasteiger partial charge in [0, 0.05) is 5.92 Å². The molecule has 2 rings (SSSR count). The molecule has 1 heterocycles. The van der Waals surface area contributed by atoms with E-state index < -0.39 is 0 Å². The molecule has 1 aliphatic carbocycles. The van der Waals surface area contributed by atoms with Gasteiger partial charge in [-0.3, -0.25) is 0 Å². The van der Waals surface area contributed by atoms with Crippen LogP contribution in [0.4, 0.5) is 0 Å². The number of aldehydes is 1. The second-order valence-electron chi connectivity index (χ2n) is 2.83. The van der Waals surface area contributed by atoms with Gasteiger partial charge in [0.05, 0.1) is 0 Å². The largest absolute Gasteiger partial charge is 0.469 e. The van der Waals surface area contributed by atoms with Crippen molar-refractivity contribution in [3.05, 3.63) is 11.8 Å². The number of carbonyl (C=O) groups is 1. The lowest BCUT2D eigenvalue weighted by atomic mass is 9.92. The minimum Gasteiger partial charge on any atom is -0.469 e.